The summed E-state index contributed by atoms with van der Waals surface area (Å²) in [4.78, 5) is 14.1. The van der Waals surface area contributed by atoms with Crippen molar-refractivity contribution in [3.05, 3.63) is 64.2 Å². The van der Waals surface area contributed by atoms with E-state index in [2.05, 4.69) is 0 Å². The van der Waals surface area contributed by atoms with Gasteiger partial charge in [-0.3, -0.25) is 4.79 Å². The van der Waals surface area contributed by atoms with Gasteiger partial charge in [0.2, 0.25) is 0 Å². The SMILES string of the molecule is COc1cc(C(=O)N(C)Cc2ccccc2Cl)ccc1C. The zero-order valence-electron chi connectivity index (χ0n) is 12.4. The molecule has 0 N–H and O–H groups in total. The molecule has 0 saturated carbocycles. The van der Waals surface area contributed by atoms with Gasteiger partial charge in [-0.05, 0) is 36.2 Å². The molecule has 2 aromatic carbocycles. The van der Waals surface area contributed by atoms with Gasteiger partial charge in [0.15, 0.2) is 0 Å². The molecule has 4 heteroatoms. The van der Waals surface area contributed by atoms with Crippen LogP contribution in [0, 0.1) is 6.92 Å². The number of halogens is 1. The fourth-order valence-corrected chi connectivity index (χ4v) is 2.32. The first-order valence-corrected chi connectivity index (χ1v) is 7.04. The molecule has 0 aromatic heterocycles. The van der Waals surface area contributed by atoms with Crippen LogP contribution in [0.2, 0.25) is 5.02 Å². The standard InChI is InChI=1S/C17H18ClNO2/c1-12-8-9-13(10-16(12)21-3)17(20)19(2)11-14-6-4-5-7-15(14)18/h4-10H,11H2,1-3H3. The smallest absolute Gasteiger partial charge is 0.254 e. The molecule has 0 aliphatic carbocycles. The van der Waals surface area contributed by atoms with Gasteiger partial charge in [0, 0.05) is 24.2 Å². The molecule has 0 unspecified atom stereocenters. The molecule has 3 nitrogen and oxygen atoms in total. The summed E-state index contributed by atoms with van der Waals surface area (Å²) >= 11 is 6.13. The topological polar surface area (TPSA) is 29.5 Å². The Morgan fingerprint density at radius 1 is 1.24 bits per heavy atom. The van der Waals surface area contributed by atoms with Crippen LogP contribution >= 0.6 is 11.6 Å². The van der Waals surface area contributed by atoms with Gasteiger partial charge in [0.25, 0.3) is 5.91 Å². The molecule has 2 rings (SSSR count). The average molecular weight is 304 g/mol. The van der Waals surface area contributed by atoms with Crippen molar-refractivity contribution in [2.45, 2.75) is 13.5 Å². The fourth-order valence-electron chi connectivity index (χ4n) is 2.13. The number of aryl methyl sites for hydroxylation is 1. The monoisotopic (exact) mass is 303 g/mol. The van der Waals surface area contributed by atoms with E-state index in [0.717, 1.165) is 11.1 Å². The fraction of sp³-hybridized carbons (Fsp3) is 0.235. The number of nitrogens with zero attached hydrogens (tertiary/aromatic N) is 1. The summed E-state index contributed by atoms with van der Waals surface area (Å²) in [5.74, 6) is 0.653. The number of benzene rings is 2. The number of rotatable bonds is 4. The van der Waals surface area contributed by atoms with Crippen LogP contribution in [-0.4, -0.2) is 25.0 Å². The Balaban J connectivity index is 2.18. The average Bonchev–Trinajstić information content (AvgIpc) is 2.49. The number of carbonyl (C=O) groups is 1. The van der Waals surface area contributed by atoms with E-state index in [1.165, 1.54) is 0 Å². The van der Waals surface area contributed by atoms with E-state index in [1.807, 2.05) is 43.3 Å². The molecule has 0 fully saturated rings. The van der Waals surface area contributed by atoms with Crippen LogP contribution in [0.25, 0.3) is 0 Å². The van der Waals surface area contributed by atoms with Crippen molar-refractivity contribution in [1.82, 2.24) is 4.90 Å². The lowest BCUT2D eigenvalue weighted by molar-refractivity contribution is 0.0785. The predicted octanol–water partition coefficient (Wildman–Crippen LogP) is 3.93. The summed E-state index contributed by atoms with van der Waals surface area (Å²) < 4.78 is 5.26. The molecule has 0 atom stereocenters. The minimum Gasteiger partial charge on any atom is -0.496 e. The largest absolute Gasteiger partial charge is 0.496 e. The molecule has 21 heavy (non-hydrogen) atoms. The summed E-state index contributed by atoms with van der Waals surface area (Å²) in [6.07, 6.45) is 0. The second-order valence-corrected chi connectivity index (χ2v) is 5.34. The van der Waals surface area contributed by atoms with Crippen LogP contribution in [0.5, 0.6) is 5.75 Å². The van der Waals surface area contributed by atoms with Gasteiger partial charge in [-0.15, -0.1) is 0 Å². The van der Waals surface area contributed by atoms with E-state index in [0.29, 0.717) is 22.9 Å². The highest BCUT2D eigenvalue weighted by Gasteiger charge is 2.14. The molecular weight excluding hydrogens is 286 g/mol. The lowest BCUT2D eigenvalue weighted by Gasteiger charge is -2.18. The number of methoxy groups -OCH3 is 1. The minimum atomic E-state index is -0.0618. The van der Waals surface area contributed by atoms with Crippen molar-refractivity contribution >= 4 is 17.5 Å². The number of amides is 1. The lowest BCUT2D eigenvalue weighted by atomic mass is 10.1. The Kier molecular flexibility index (Phi) is 4.86. The van der Waals surface area contributed by atoms with Gasteiger partial charge in [-0.2, -0.15) is 0 Å². The van der Waals surface area contributed by atoms with Gasteiger partial charge < -0.3 is 9.64 Å². The maximum Gasteiger partial charge on any atom is 0.254 e. The summed E-state index contributed by atoms with van der Waals surface area (Å²) in [5.41, 5.74) is 2.53. The molecule has 0 radical (unpaired) electrons. The third-order valence-corrected chi connectivity index (χ3v) is 3.74. The molecule has 2 aromatic rings. The van der Waals surface area contributed by atoms with Gasteiger partial charge >= 0.3 is 0 Å². The van der Waals surface area contributed by atoms with Gasteiger partial charge in [-0.25, -0.2) is 0 Å². The van der Waals surface area contributed by atoms with Crippen LogP contribution in [0.1, 0.15) is 21.5 Å². The van der Waals surface area contributed by atoms with Gasteiger partial charge in [0.1, 0.15) is 5.75 Å². The van der Waals surface area contributed by atoms with Crippen molar-refractivity contribution in [3.63, 3.8) is 0 Å². The highest BCUT2D eigenvalue weighted by Crippen LogP contribution is 2.21. The molecule has 0 saturated heterocycles. The van der Waals surface area contributed by atoms with E-state index < -0.39 is 0 Å². The Hall–Kier alpha value is -2.00. The molecule has 0 aliphatic rings. The zero-order valence-corrected chi connectivity index (χ0v) is 13.1. The Morgan fingerprint density at radius 3 is 2.62 bits per heavy atom. The van der Waals surface area contributed by atoms with Crippen molar-refractivity contribution in [2.75, 3.05) is 14.2 Å². The molecule has 0 bridgehead atoms. The Bertz CT molecular complexity index is 655. The van der Waals surface area contributed by atoms with Crippen LogP contribution < -0.4 is 4.74 Å². The molecule has 1 amide bonds. The first kappa shape index (κ1) is 15.4. The van der Waals surface area contributed by atoms with Crippen molar-refractivity contribution in [1.29, 1.82) is 0 Å². The second kappa shape index (κ2) is 6.64. The molecule has 0 spiro atoms. The summed E-state index contributed by atoms with van der Waals surface area (Å²) in [6.45, 7) is 2.41. The quantitative estimate of drug-likeness (QED) is 0.856. The van der Waals surface area contributed by atoms with Crippen molar-refractivity contribution in [2.24, 2.45) is 0 Å². The zero-order chi connectivity index (χ0) is 15.4. The van der Waals surface area contributed by atoms with Gasteiger partial charge in [0.05, 0.1) is 7.11 Å². The van der Waals surface area contributed by atoms with E-state index in [9.17, 15) is 4.79 Å². The number of carbonyl (C=O) groups excluding carboxylic acids is 1. The molecule has 110 valence electrons. The van der Waals surface area contributed by atoms with Crippen LogP contribution in [-0.2, 0) is 6.54 Å². The first-order valence-electron chi connectivity index (χ1n) is 6.66. The minimum absolute atomic E-state index is 0.0618. The molecular formula is C17H18ClNO2. The summed E-state index contributed by atoms with van der Waals surface area (Å²) in [7, 11) is 3.36. The Morgan fingerprint density at radius 2 is 1.95 bits per heavy atom. The second-order valence-electron chi connectivity index (χ2n) is 4.94. The third-order valence-electron chi connectivity index (χ3n) is 3.37. The first-order chi connectivity index (χ1) is 10.0. The molecule has 0 heterocycles. The summed E-state index contributed by atoms with van der Waals surface area (Å²) in [6, 6.07) is 13.0. The Labute approximate surface area is 130 Å². The highest BCUT2D eigenvalue weighted by atomic mass is 35.5. The normalized spacial score (nSPS) is 10.3. The van der Waals surface area contributed by atoms with E-state index in [-0.39, 0.29) is 5.91 Å². The van der Waals surface area contributed by atoms with Gasteiger partial charge in [-0.1, -0.05) is 35.9 Å². The maximum absolute atomic E-state index is 12.5. The van der Waals surface area contributed by atoms with Crippen LogP contribution in [0.3, 0.4) is 0 Å². The maximum atomic E-state index is 12.5. The van der Waals surface area contributed by atoms with Crippen LogP contribution in [0.15, 0.2) is 42.5 Å². The molecule has 0 aliphatic heterocycles. The summed E-state index contributed by atoms with van der Waals surface area (Å²) in [5, 5.41) is 0.665. The van der Waals surface area contributed by atoms with E-state index in [4.69, 9.17) is 16.3 Å². The van der Waals surface area contributed by atoms with E-state index in [1.54, 1.807) is 25.1 Å². The van der Waals surface area contributed by atoms with Crippen molar-refractivity contribution in [3.8, 4) is 5.75 Å². The lowest BCUT2D eigenvalue weighted by Crippen LogP contribution is -2.26. The van der Waals surface area contributed by atoms with Crippen LogP contribution in [0.4, 0.5) is 0 Å². The third kappa shape index (κ3) is 3.56. The van der Waals surface area contributed by atoms with E-state index >= 15 is 0 Å². The highest BCUT2D eigenvalue weighted by molar-refractivity contribution is 6.31. The predicted molar refractivity (Wildman–Crippen MR) is 85.0 cm³/mol. The number of hydrogen-bond donors (Lipinski definition) is 0. The van der Waals surface area contributed by atoms with Crippen molar-refractivity contribution < 1.29 is 9.53 Å². The number of ether oxygens (including phenoxy) is 1. The number of hydrogen-bond acceptors (Lipinski definition) is 2.